The van der Waals surface area contributed by atoms with Crippen LogP contribution in [0, 0.1) is 11.3 Å². The van der Waals surface area contributed by atoms with Crippen molar-refractivity contribution in [2.45, 2.75) is 13.8 Å². The molecule has 2 aromatic rings. The molecule has 5 heteroatoms. The van der Waals surface area contributed by atoms with Crippen LogP contribution in [-0.4, -0.2) is 4.98 Å². The lowest BCUT2D eigenvalue weighted by Gasteiger charge is -2.07. The SMILES string of the molecule is CC.N#Cc1cc(N)ccc1Oc1cncc(Cl)c1. The minimum absolute atomic E-state index is 0.366. The number of ether oxygens (including phenoxy) is 1. The molecule has 0 saturated carbocycles. The third-order valence-electron chi connectivity index (χ3n) is 2.03. The minimum Gasteiger partial charge on any atom is -0.454 e. The van der Waals surface area contributed by atoms with E-state index < -0.39 is 0 Å². The number of nitrogens with two attached hydrogens (primary N) is 1. The predicted octanol–water partition coefficient (Wildman–Crippen LogP) is 4.01. The molecule has 0 amide bonds. The maximum absolute atomic E-state index is 8.95. The highest BCUT2D eigenvalue weighted by Crippen LogP contribution is 2.27. The Kier molecular flexibility index (Phi) is 5.65. The zero-order chi connectivity index (χ0) is 14.3. The summed E-state index contributed by atoms with van der Waals surface area (Å²) in [6.07, 6.45) is 3.02. The molecule has 2 N–H and O–H groups in total. The van der Waals surface area contributed by atoms with Crippen LogP contribution >= 0.6 is 11.6 Å². The fourth-order valence-electron chi connectivity index (χ4n) is 1.30. The Morgan fingerprint density at radius 1 is 1.26 bits per heavy atom. The Morgan fingerprint density at radius 3 is 2.63 bits per heavy atom. The molecule has 0 fully saturated rings. The second-order valence-corrected chi connectivity index (χ2v) is 3.74. The van der Waals surface area contributed by atoms with Crippen molar-refractivity contribution < 1.29 is 4.74 Å². The lowest BCUT2D eigenvalue weighted by atomic mass is 10.2. The maximum atomic E-state index is 8.95. The first-order valence-corrected chi connectivity index (χ1v) is 6.15. The van der Waals surface area contributed by atoms with Gasteiger partial charge in [0.05, 0.1) is 16.8 Å². The lowest BCUT2D eigenvalue weighted by molar-refractivity contribution is 0.479. The van der Waals surface area contributed by atoms with Gasteiger partial charge in [0.25, 0.3) is 0 Å². The van der Waals surface area contributed by atoms with Gasteiger partial charge in [0, 0.05) is 18.0 Å². The predicted molar refractivity (Wildman–Crippen MR) is 76.2 cm³/mol. The highest BCUT2D eigenvalue weighted by molar-refractivity contribution is 6.30. The van der Waals surface area contributed by atoms with Gasteiger partial charge >= 0.3 is 0 Å². The molecule has 98 valence electrons. The zero-order valence-corrected chi connectivity index (χ0v) is 11.5. The number of pyridine rings is 1. The van der Waals surface area contributed by atoms with Gasteiger partial charge in [-0.15, -0.1) is 0 Å². The standard InChI is InChI=1S/C12H8ClN3O.C2H6/c13-9-4-11(7-16-6-9)17-12-2-1-10(15)3-8(12)5-14;1-2/h1-4,6-7H,15H2;1-2H3. The van der Waals surface area contributed by atoms with Crippen molar-refractivity contribution in [3.05, 3.63) is 47.2 Å². The topological polar surface area (TPSA) is 71.9 Å². The molecule has 0 radical (unpaired) electrons. The molecule has 0 aliphatic heterocycles. The molecule has 1 heterocycles. The second-order valence-electron chi connectivity index (χ2n) is 3.31. The van der Waals surface area contributed by atoms with Gasteiger partial charge in [0.15, 0.2) is 0 Å². The van der Waals surface area contributed by atoms with Crippen LogP contribution in [-0.2, 0) is 0 Å². The van der Waals surface area contributed by atoms with Gasteiger partial charge in [-0.25, -0.2) is 0 Å². The third kappa shape index (κ3) is 4.16. The van der Waals surface area contributed by atoms with Crippen LogP contribution in [0.3, 0.4) is 0 Å². The van der Waals surface area contributed by atoms with Gasteiger partial charge < -0.3 is 10.5 Å². The summed E-state index contributed by atoms with van der Waals surface area (Å²) < 4.78 is 5.51. The summed E-state index contributed by atoms with van der Waals surface area (Å²) in [5.74, 6) is 0.893. The molecular formula is C14H14ClN3O. The van der Waals surface area contributed by atoms with Crippen LogP contribution in [0.4, 0.5) is 5.69 Å². The van der Waals surface area contributed by atoms with Crippen LogP contribution in [0.1, 0.15) is 19.4 Å². The number of halogens is 1. The molecule has 0 saturated heterocycles. The number of nitrogens with zero attached hydrogens (tertiary/aromatic N) is 2. The van der Waals surface area contributed by atoms with Gasteiger partial charge in [0.2, 0.25) is 0 Å². The number of nitrogen functional groups attached to an aromatic ring is 1. The van der Waals surface area contributed by atoms with Crippen molar-refractivity contribution in [3.63, 3.8) is 0 Å². The molecule has 1 aromatic heterocycles. The molecular weight excluding hydrogens is 262 g/mol. The van der Waals surface area contributed by atoms with Gasteiger partial charge in [-0.2, -0.15) is 5.26 Å². The number of benzene rings is 1. The number of hydrogen-bond acceptors (Lipinski definition) is 4. The highest BCUT2D eigenvalue weighted by Gasteiger charge is 2.05. The van der Waals surface area contributed by atoms with Gasteiger partial charge in [-0.3, -0.25) is 4.98 Å². The minimum atomic E-state index is 0.366. The third-order valence-corrected chi connectivity index (χ3v) is 2.24. The number of hydrogen-bond donors (Lipinski definition) is 1. The molecule has 0 aliphatic carbocycles. The Morgan fingerprint density at radius 2 is 2.00 bits per heavy atom. The zero-order valence-electron chi connectivity index (χ0n) is 10.7. The molecule has 19 heavy (non-hydrogen) atoms. The Labute approximate surface area is 117 Å². The van der Waals surface area contributed by atoms with Crippen LogP contribution in [0.15, 0.2) is 36.7 Å². The lowest BCUT2D eigenvalue weighted by Crippen LogP contribution is -1.91. The normalized spacial score (nSPS) is 8.95. The van der Waals surface area contributed by atoms with Crippen molar-refractivity contribution in [1.82, 2.24) is 4.98 Å². The largest absolute Gasteiger partial charge is 0.454 e. The maximum Gasteiger partial charge on any atom is 0.147 e. The molecule has 0 unspecified atom stereocenters. The molecule has 2 rings (SSSR count). The summed E-state index contributed by atoms with van der Waals surface area (Å²) in [7, 11) is 0. The number of anilines is 1. The van der Waals surface area contributed by atoms with E-state index in [1.54, 1.807) is 24.3 Å². The smallest absolute Gasteiger partial charge is 0.147 e. The summed E-state index contributed by atoms with van der Waals surface area (Å²) in [6, 6.07) is 8.47. The van der Waals surface area contributed by atoms with Crippen LogP contribution in [0.5, 0.6) is 11.5 Å². The molecule has 0 atom stereocenters. The number of aromatic nitrogens is 1. The molecule has 1 aromatic carbocycles. The van der Waals surface area contributed by atoms with Gasteiger partial charge in [-0.1, -0.05) is 25.4 Å². The van der Waals surface area contributed by atoms with E-state index in [4.69, 9.17) is 27.3 Å². The quantitative estimate of drug-likeness (QED) is 0.841. The van der Waals surface area contributed by atoms with Crippen molar-refractivity contribution in [1.29, 1.82) is 5.26 Å². The van der Waals surface area contributed by atoms with E-state index in [2.05, 4.69) is 4.98 Å². The van der Waals surface area contributed by atoms with E-state index in [1.165, 1.54) is 12.4 Å². The number of rotatable bonds is 2. The average Bonchev–Trinajstić information content (AvgIpc) is 2.43. The molecule has 0 aliphatic rings. The molecule has 0 bridgehead atoms. The van der Waals surface area contributed by atoms with Crippen LogP contribution < -0.4 is 10.5 Å². The Balaban J connectivity index is 0.000000861. The first-order valence-electron chi connectivity index (χ1n) is 5.77. The van der Waals surface area contributed by atoms with Crippen molar-refractivity contribution in [3.8, 4) is 17.6 Å². The fraction of sp³-hybridized carbons (Fsp3) is 0.143. The van der Waals surface area contributed by atoms with Gasteiger partial charge in [-0.05, 0) is 18.2 Å². The first-order chi connectivity index (χ1) is 9.19. The van der Waals surface area contributed by atoms with E-state index in [9.17, 15) is 0 Å². The van der Waals surface area contributed by atoms with Gasteiger partial charge in [0.1, 0.15) is 17.6 Å². The monoisotopic (exact) mass is 275 g/mol. The first kappa shape index (κ1) is 14.8. The summed E-state index contributed by atoms with van der Waals surface area (Å²) in [4.78, 5) is 3.89. The van der Waals surface area contributed by atoms with Crippen LogP contribution in [0.25, 0.3) is 0 Å². The fourth-order valence-corrected chi connectivity index (χ4v) is 1.46. The van der Waals surface area contributed by atoms with E-state index in [1.807, 2.05) is 19.9 Å². The summed E-state index contributed by atoms with van der Waals surface area (Å²) in [6.45, 7) is 4.00. The van der Waals surface area contributed by atoms with E-state index in [0.717, 1.165) is 0 Å². The Hall–Kier alpha value is -2.25. The second kappa shape index (κ2) is 7.24. The summed E-state index contributed by atoms with van der Waals surface area (Å²) in [5, 5.41) is 9.42. The number of nitriles is 1. The average molecular weight is 276 g/mol. The molecule has 0 spiro atoms. The van der Waals surface area contributed by atoms with Crippen molar-refractivity contribution in [2.75, 3.05) is 5.73 Å². The van der Waals surface area contributed by atoms with E-state index in [-0.39, 0.29) is 0 Å². The van der Waals surface area contributed by atoms with E-state index in [0.29, 0.717) is 27.8 Å². The van der Waals surface area contributed by atoms with Crippen molar-refractivity contribution >= 4 is 17.3 Å². The van der Waals surface area contributed by atoms with Crippen molar-refractivity contribution in [2.24, 2.45) is 0 Å². The van der Waals surface area contributed by atoms with E-state index >= 15 is 0 Å². The summed E-state index contributed by atoms with van der Waals surface area (Å²) >= 11 is 5.78. The highest BCUT2D eigenvalue weighted by atomic mass is 35.5. The molecule has 4 nitrogen and oxygen atoms in total. The Bertz CT molecular complexity index is 593. The van der Waals surface area contributed by atoms with Crippen LogP contribution in [0.2, 0.25) is 5.02 Å². The summed E-state index contributed by atoms with van der Waals surface area (Å²) in [5.41, 5.74) is 6.46.